The first-order valence-electron chi connectivity index (χ1n) is 5.66. The van der Waals surface area contributed by atoms with E-state index in [4.69, 9.17) is 5.11 Å². The predicted octanol–water partition coefficient (Wildman–Crippen LogP) is 1.84. The van der Waals surface area contributed by atoms with E-state index in [1.165, 1.54) is 0 Å². The van der Waals surface area contributed by atoms with Crippen molar-refractivity contribution in [3.63, 3.8) is 0 Å². The van der Waals surface area contributed by atoms with Crippen LogP contribution in [0.1, 0.15) is 29.3 Å². The van der Waals surface area contributed by atoms with Crippen molar-refractivity contribution < 1.29 is 9.90 Å². The van der Waals surface area contributed by atoms with E-state index >= 15 is 0 Å². The number of amides is 1. The molecule has 0 bridgehead atoms. The van der Waals surface area contributed by atoms with E-state index in [9.17, 15) is 4.79 Å². The third-order valence-electron chi connectivity index (χ3n) is 2.53. The highest BCUT2D eigenvalue weighted by molar-refractivity contribution is 5.95. The van der Waals surface area contributed by atoms with Crippen LogP contribution < -0.4 is 0 Å². The number of carbonyl (C=O) groups is 1. The summed E-state index contributed by atoms with van der Waals surface area (Å²) in [5.74, 6) is 0.00833. The maximum absolute atomic E-state index is 12.2. The van der Waals surface area contributed by atoms with Crippen LogP contribution in [0.5, 0.6) is 0 Å². The van der Waals surface area contributed by atoms with Crippen molar-refractivity contribution in [2.45, 2.75) is 20.3 Å². The Balaban J connectivity index is 2.85. The van der Waals surface area contributed by atoms with Gasteiger partial charge in [0.25, 0.3) is 5.91 Å². The second kappa shape index (κ2) is 6.28. The zero-order valence-corrected chi connectivity index (χ0v) is 9.94. The van der Waals surface area contributed by atoms with Crippen LogP contribution in [0.3, 0.4) is 0 Å². The summed E-state index contributed by atoms with van der Waals surface area (Å²) < 4.78 is 0. The number of benzene rings is 1. The van der Waals surface area contributed by atoms with E-state index < -0.39 is 0 Å². The number of nitrogens with zero attached hydrogens (tertiary/aromatic N) is 1. The van der Waals surface area contributed by atoms with Crippen molar-refractivity contribution in [2.75, 3.05) is 19.7 Å². The molecule has 0 heterocycles. The van der Waals surface area contributed by atoms with Crippen molar-refractivity contribution in [1.29, 1.82) is 0 Å². The molecule has 88 valence electrons. The summed E-state index contributed by atoms with van der Waals surface area (Å²) in [6, 6.07) is 7.54. The normalized spacial score (nSPS) is 10.2. The number of hydrogen-bond acceptors (Lipinski definition) is 2. The first-order valence-corrected chi connectivity index (χ1v) is 5.66. The van der Waals surface area contributed by atoms with Gasteiger partial charge in [0.1, 0.15) is 0 Å². The van der Waals surface area contributed by atoms with Crippen LogP contribution in [-0.4, -0.2) is 35.6 Å². The minimum absolute atomic E-state index is 0.00833. The van der Waals surface area contributed by atoms with Gasteiger partial charge in [0.05, 0.1) is 6.61 Å². The molecule has 0 radical (unpaired) electrons. The van der Waals surface area contributed by atoms with Gasteiger partial charge in [-0.3, -0.25) is 4.79 Å². The Hall–Kier alpha value is -1.35. The molecule has 0 aliphatic carbocycles. The van der Waals surface area contributed by atoms with Crippen LogP contribution in [0.15, 0.2) is 24.3 Å². The molecular weight excluding hydrogens is 202 g/mol. The summed E-state index contributed by atoms with van der Waals surface area (Å²) in [4.78, 5) is 13.9. The first kappa shape index (κ1) is 12.7. The van der Waals surface area contributed by atoms with Crippen LogP contribution in [0, 0.1) is 6.92 Å². The Morgan fingerprint density at radius 2 is 2.00 bits per heavy atom. The summed E-state index contributed by atoms with van der Waals surface area (Å²) in [5, 5.41) is 8.93. The van der Waals surface area contributed by atoms with E-state index in [1.54, 1.807) is 4.90 Å². The van der Waals surface area contributed by atoms with Gasteiger partial charge in [0, 0.05) is 18.7 Å². The van der Waals surface area contributed by atoms with E-state index in [2.05, 4.69) is 0 Å². The number of carbonyl (C=O) groups excluding carboxylic acids is 1. The monoisotopic (exact) mass is 221 g/mol. The molecule has 1 aromatic carbocycles. The van der Waals surface area contributed by atoms with E-state index in [0.717, 1.165) is 17.5 Å². The lowest BCUT2D eigenvalue weighted by Gasteiger charge is -2.21. The Morgan fingerprint density at radius 1 is 1.31 bits per heavy atom. The number of aliphatic hydroxyl groups is 1. The molecule has 1 rings (SSSR count). The highest BCUT2D eigenvalue weighted by atomic mass is 16.3. The van der Waals surface area contributed by atoms with Crippen LogP contribution in [0.2, 0.25) is 0 Å². The molecule has 1 aromatic rings. The fraction of sp³-hybridized carbons (Fsp3) is 0.462. The van der Waals surface area contributed by atoms with Crippen molar-refractivity contribution in [3.8, 4) is 0 Å². The zero-order valence-electron chi connectivity index (χ0n) is 9.94. The number of aliphatic hydroxyl groups excluding tert-OH is 1. The Labute approximate surface area is 96.7 Å². The lowest BCUT2D eigenvalue weighted by atomic mass is 10.1. The van der Waals surface area contributed by atoms with Gasteiger partial charge < -0.3 is 10.0 Å². The SMILES string of the molecule is CCCN(CCO)C(=O)c1ccccc1C. The molecule has 0 aliphatic rings. The summed E-state index contributed by atoms with van der Waals surface area (Å²) in [5.41, 5.74) is 1.70. The summed E-state index contributed by atoms with van der Waals surface area (Å²) in [6.45, 7) is 5.05. The quantitative estimate of drug-likeness (QED) is 0.824. The molecule has 0 atom stereocenters. The molecule has 0 saturated carbocycles. The lowest BCUT2D eigenvalue weighted by Crippen LogP contribution is -2.34. The number of hydrogen-bond donors (Lipinski definition) is 1. The van der Waals surface area contributed by atoms with Crippen molar-refractivity contribution in [1.82, 2.24) is 4.90 Å². The Kier molecular flexibility index (Phi) is 4.99. The standard InChI is InChI=1S/C13H19NO2/c1-3-8-14(9-10-15)13(16)12-7-5-4-6-11(12)2/h4-7,15H,3,8-10H2,1-2H3. The zero-order chi connectivity index (χ0) is 12.0. The summed E-state index contributed by atoms with van der Waals surface area (Å²) in [7, 11) is 0. The molecule has 3 heteroatoms. The molecule has 0 aliphatic heterocycles. The fourth-order valence-corrected chi connectivity index (χ4v) is 1.69. The van der Waals surface area contributed by atoms with Crippen LogP contribution in [0.25, 0.3) is 0 Å². The lowest BCUT2D eigenvalue weighted by molar-refractivity contribution is 0.0721. The number of aryl methyl sites for hydroxylation is 1. The van der Waals surface area contributed by atoms with Gasteiger partial charge in [-0.1, -0.05) is 25.1 Å². The van der Waals surface area contributed by atoms with E-state index in [0.29, 0.717) is 13.1 Å². The maximum Gasteiger partial charge on any atom is 0.254 e. The van der Waals surface area contributed by atoms with E-state index in [-0.39, 0.29) is 12.5 Å². The van der Waals surface area contributed by atoms with Gasteiger partial charge in [-0.2, -0.15) is 0 Å². The molecule has 3 nitrogen and oxygen atoms in total. The van der Waals surface area contributed by atoms with Gasteiger partial charge in [0.15, 0.2) is 0 Å². The highest BCUT2D eigenvalue weighted by Crippen LogP contribution is 2.10. The maximum atomic E-state index is 12.2. The van der Waals surface area contributed by atoms with E-state index in [1.807, 2.05) is 38.1 Å². The molecule has 1 N–H and O–H groups in total. The highest BCUT2D eigenvalue weighted by Gasteiger charge is 2.15. The molecule has 0 aromatic heterocycles. The molecular formula is C13H19NO2. The van der Waals surface area contributed by atoms with Gasteiger partial charge in [0.2, 0.25) is 0 Å². The number of rotatable bonds is 5. The van der Waals surface area contributed by atoms with Gasteiger partial charge in [-0.15, -0.1) is 0 Å². The molecule has 1 amide bonds. The smallest absolute Gasteiger partial charge is 0.254 e. The average Bonchev–Trinajstić information content (AvgIpc) is 2.28. The van der Waals surface area contributed by atoms with Crippen LogP contribution >= 0.6 is 0 Å². The van der Waals surface area contributed by atoms with Gasteiger partial charge >= 0.3 is 0 Å². The van der Waals surface area contributed by atoms with Crippen molar-refractivity contribution in [3.05, 3.63) is 35.4 Å². The Bertz CT molecular complexity index is 344. The largest absolute Gasteiger partial charge is 0.395 e. The topological polar surface area (TPSA) is 40.5 Å². The second-order valence-electron chi connectivity index (χ2n) is 3.83. The molecule has 0 saturated heterocycles. The first-order chi connectivity index (χ1) is 7.70. The van der Waals surface area contributed by atoms with Crippen molar-refractivity contribution in [2.24, 2.45) is 0 Å². The summed E-state index contributed by atoms with van der Waals surface area (Å²) in [6.07, 6.45) is 0.900. The Morgan fingerprint density at radius 3 is 2.56 bits per heavy atom. The third-order valence-corrected chi connectivity index (χ3v) is 2.53. The minimum atomic E-state index is 0.00833. The van der Waals surface area contributed by atoms with Gasteiger partial charge in [-0.05, 0) is 25.0 Å². The molecule has 0 fully saturated rings. The van der Waals surface area contributed by atoms with Crippen molar-refractivity contribution >= 4 is 5.91 Å². The average molecular weight is 221 g/mol. The fourth-order valence-electron chi connectivity index (χ4n) is 1.69. The van der Waals surface area contributed by atoms with Gasteiger partial charge in [-0.25, -0.2) is 0 Å². The minimum Gasteiger partial charge on any atom is -0.395 e. The van der Waals surface area contributed by atoms with Crippen LogP contribution in [0.4, 0.5) is 0 Å². The molecule has 0 unspecified atom stereocenters. The third kappa shape index (κ3) is 3.07. The molecule has 16 heavy (non-hydrogen) atoms. The predicted molar refractivity (Wildman–Crippen MR) is 64.5 cm³/mol. The summed E-state index contributed by atoms with van der Waals surface area (Å²) >= 11 is 0. The molecule has 0 spiro atoms. The van der Waals surface area contributed by atoms with Crippen LogP contribution in [-0.2, 0) is 0 Å². The second-order valence-corrected chi connectivity index (χ2v) is 3.83.